The summed E-state index contributed by atoms with van der Waals surface area (Å²) < 4.78 is 21.1. The second kappa shape index (κ2) is 7.93. The molecule has 0 radical (unpaired) electrons. The van der Waals surface area contributed by atoms with Crippen LogP contribution >= 0.6 is 0 Å². The molecule has 0 aromatic heterocycles. The molecule has 0 fully saturated rings. The van der Waals surface area contributed by atoms with Crippen molar-refractivity contribution in [2.45, 2.75) is 0 Å². The van der Waals surface area contributed by atoms with E-state index in [1.807, 2.05) is 24.3 Å². The molecule has 0 unspecified atom stereocenters. The van der Waals surface area contributed by atoms with Crippen LogP contribution in [0.3, 0.4) is 0 Å². The topological polar surface area (TPSA) is 60.7 Å². The van der Waals surface area contributed by atoms with E-state index in [1.165, 1.54) is 0 Å². The van der Waals surface area contributed by atoms with E-state index in [2.05, 4.69) is 6.07 Å². The van der Waals surface area contributed by atoms with Crippen LogP contribution in [0.15, 0.2) is 36.4 Å². The Bertz CT molecular complexity index is 748. The van der Waals surface area contributed by atoms with E-state index in [0.29, 0.717) is 28.4 Å². The molecule has 24 heavy (non-hydrogen) atoms. The molecule has 2 rings (SSSR count). The number of methoxy groups -OCH3 is 4. The smallest absolute Gasteiger partial charge is 0.203 e. The van der Waals surface area contributed by atoms with E-state index in [4.69, 9.17) is 18.9 Å². The van der Waals surface area contributed by atoms with Gasteiger partial charge in [0.2, 0.25) is 5.75 Å². The fourth-order valence-electron chi connectivity index (χ4n) is 2.28. The molecular weight excluding hydrogens is 306 g/mol. The van der Waals surface area contributed by atoms with Gasteiger partial charge in [-0.3, -0.25) is 0 Å². The minimum Gasteiger partial charge on any atom is -0.497 e. The molecule has 0 saturated heterocycles. The van der Waals surface area contributed by atoms with Crippen LogP contribution in [0, 0.1) is 11.3 Å². The lowest BCUT2D eigenvalue weighted by molar-refractivity contribution is 0.324. The van der Waals surface area contributed by atoms with Gasteiger partial charge in [-0.25, -0.2) is 0 Å². The third kappa shape index (κ3) is 3.61. The van der Waals surface area contributed by atoms with Crippen LogP contribution in [0.2, 0.25) is 0 Å². The molecule has 0 bridgehead atoms. The molecule has 0 atom stereocenters. The number of hydrogen-bond donors (Lipinski definition) is 0. The highest BCUT2D eigenvalue weighted by Gasteiger charge is 2.15. The number of nitrogens with zero attached hydrogens (tertiary/aromatic N) is 1. The van der Waals surface area contributed by atoms with Crippen LogP contribution in [0.1, 0.15) is 11.1 Å². The standard InChI is InChI=1S/C19H19NO4/c1-21-16-7-5-13(6-8-16)9-15(12-20)14-10-17(22-2)19(24-4)18(11-14)23-3/h5-11H,1-4H3/b15-9-. The maximum absolute atomic E-state index is 9.54. The van der Waals surface area contributed by atoms with Crippen molar-refractivity contribution in [1.29, 1.82) is 5.26 Å². The van der Waals surface area contributed by atoms with E-state index >= 15 is 0 Å². The predicted molar refractivity (Wildman–Crippen MR) is 92.6 cm³/mol. The highest BCUT2D eigenvalue weighted by Crippen LogP contribution is 2.40. The Morgan fingerprint density at radius 1 is 0.875 bits per heavy atom. The monoisotopic (exact) mass is 325 g/mol. The molecule has 0 aliphatic carbocycles. The highest BCUT2D eigenvalue weighted by molar-refractivity contribution is 5.90. The molecule has 0 saturated carbocycles. The Morgan fingerprint density at radius 2 is 1.46 bits per heavy atom. The molecule has 2 aromatic rings. The molecule has 124 valence electrons. The van der Waals surface area contributed by atoms with Crippen molar-refractivity contribution in [3.63, 3.8) is 0 Å². The first-order chi connectivity index (χ1) is 11.7. The summed E-state index contributed by atoms with van der Waals surface area (Å²) in [6.07, 6.45) is 1.79. The maximum Gasteiger partial charge on any atom is 0.203 e. The zero-order chi connectivity index (χ0) is 17.5. The maximum atomic E-state index is 9.54. The average molecular weight is 325 g/mol. The lowest BCUT2D eigenvalue weighted by atomic mass is 10.0. The van der Waals surface area contributed by atoms with E-state index in [1.54, 1.807) is 46.6 Å². The summed E-state index contributed by atoms with van der Waals surface area (Å²) in [5.41, 5.74) is 2.06. The van der Waals surface area contributed by atoms with Gasteiger partial charge < -0.3 is 18.9 Å². The number of allylic oxidation sites excluding steroid dienone is 1. The van der Waals surface area contributed by atoms with Gasteiger partial charge in [0, 0.05) is 0 Å². The van der Waals surface area contributed by atoms with Crippen molar-refractivity contribution in [3.8, 4) is 29.1 Å². The van der Waals surface area contributed by atoms with E-state index < -0.39 is 0 Å². The number of hydrogen-bond acceptors (Lipinski definition) is 5. The summed E-state index contributed by atoms with van der Waals surface area (Å²) in [7, 11) is 6.24. The molecule has 0 heterocycles. The Hall–Kier alpha value is -3.13. The first-order valence-electron chi connectivity index (χ1n) is 7.23. The molecule has 0 N–H and O–H groups in total. The van der Waals surface area contributed by atoms with Gasteiger partial charge in [-0.2, -0.15) is 5.26 Å². The lowest BCUT2D eigenvalue weighted by Crippen LogP contribution is -1.96. The van der Waals surface area contributed by atoms with Gasteiger partial charge in [0.05, 0.1) is 40.1 Å². The average Bonchev–Trinajstić information content (AvgIpc) is 2.65. The Morgan fingerprint density at radius 3 is 1.88 bits per heavy atom. The van der Waals surface area contributed by atoms with Gasteiger partial charge in [0.25, 0.3) is 0 Å². The van der Waals surface area contributed by atoms with Gasteiger partial charge >= 0.3 is 0 Å². The second-order valence-electron chi connectivity index (χ2n) is 4.86. The zero-order valence-electron chi connectivity index (χ0n) is 14.1. The normalized spacial score (nSPS) is 10.7. The van der Waals surface area contributed by atoms with Crippen LogP contribution in [-0.2, 0) is 0 Å². The quantitative estimate of drug-likeness (QED) is 0.597. The summed E-state index contributed by atoms with van der Waals surface area (Å²) in [5, 5.41) is 9.54. The third-order valence-electron chi connectivity index (χ3n) is 3.52. The molecule has 2 aromatic carbocycles. The third-order valence-corrected chi connectivity index (χ3v) is 3.52. The number of ether oxygens (including phenoxy) is 4. The van der Waals surface area contributed by atoms with E-state index in [0.717, 1.165) is 11.3 Å². The minimum absolute atomic E-state index is 0.486. The summed E-state index contributed by atoms with van der Waals surface area (Å²) in [6, 6.07) is 13.2. The second-order valence-corrected chi connectivity index (χ2v) is 4.86. The summed E-state index contributed by atoms with van der Waals surface area (Å²) in [4.78, 5) is 0. The SMILES string of the molecule is COc1ccc(/C=C(/C#N)c2cc(OC)c(OC)c(OC)c2)cc1. The molecule has 0 spiro atoms. The van der Waals surface area contributed by atoms with Crippen LogP contribution in [0.5, 0.6) is 23.0 Å². The largest absolute Gasteiger partial charge is 0.497 e. The molecule has 0 aliphatic rings. The van der Waals surface area contributed by atoms with Crippen molar-refractivity contribution in [2.24, 2.45) is 0 Å². The van der Waals surface area contributed by atoms with Gasteiger partial charge in [-0.05, 0) is 41.5 Å². The fourth-order valence-corrected chi connectivity index (χ4v) is 2.28. The summed E-state index contributed by atoms with van der Waals surface area (Å²) in [6.45, 7) is 0. The van der Waals surface area contributed by atoms with Crippen LogP contribution in [0.25, 0.3) is 11.6 Å². The van der Waals surface area contributed by atoms with Crippen molar-refractivity contribution >= 4 is 11.6 Å². The van der Waals surface area contributed by atoms with Gasteiger partial charge in [-0.15, -0.1) is 0 Å². The lowest BCUT2D eigenvalue weighted by Gasteiger charge is -2.13. The van der Waals surface area contributed by atoms with Crippen LogP contribution in [-0.4, -0.2) is 28.4 Å². The van der Waals surface area contributed by atoms with E-state index in [9.17, 15) is 5.26 Å². The molecule has 5 nitrogen and oxygen atoms in total. The predicted octanol–water partition coefficient (Wildman–Crippen LogP) is 3.79. The number of nitriles is 1. The molecular formula is C19H19NO4. The van der Waals surface area contributed by atoms with Gasteiger partial charge in [-0.1, -0.05) is 12.1 Å². The van der Waals surface area contributed by atoms with Crippen molar-refractivity contribution in [2.75, 3.05) is 28.4 Å². The van der Waals surface area contributed by atoms with E-state index in [-0.39, 0.29) is 0 Å². The first kappa shape index (κ1) is 17.2. The fraction of sp³-hybridized carbons (Fsp3) is 0.211. The Balaban J connectivity index is 2.50. The first-order valence-corrected chi connectivity index (χ1v) is 7.23. The Kier molecular flexibility index (Phi) is 5.69. The number of rotatable bonds is 6. The van der Waals surface area contributed by atoms with Crippen molar-refractivity contribution < 1.29 is 18.9 Å². The molecule has 0 aliphatic heterocycles. The molecule has 0 amide bonds. The van der Waals surface area contributed by atoms with Crippen molar-refractivity contribution in [1.82, 2.24) is 0 Å². The van der Waals surface area contributed by atoms with Gasteiger partial charge in [0.1, 0.15) is 5.75 Å². The Labute approximate surface area is 141 Å². The minimum atomic E-state index is 0.486. The van der Waals surface area contributed by atoms with Crippen LogP contribution in [0.4, 0.5) is 0 Å². The highest BCUT2D eigenvalue weighted by atomic mass is 16.5. The van der Waals surface area contributed by atoms with Gasteiger partial charge in [0.15, 0.2) is 11.5 Å². The summed E-state index contributed by atoms with van der Waals surface area (Å²) in [5.74, 6) is 2.26. The number of benzene rings is 2. The van der Waals surface area contributed by atoms with Crippen LogP contribution < -0.4 is 18.9 Å². The molecule has 5 heteroatoms. The zero-order valence-corrected chi connectivity index (χ0v) is 14.1. The van der Waals surface area contributed by atoms with Crippen molar-refractivity contribution in [3.05, 3.63) is 47.5 Å². The summed E-state index contributed by atoms with van der Waals surface area (Å²) >= 11 is 0.